The molecule has 1 aliphatic rings. The minimum absolute atomic E-state index is 0.841. The molecule has 1 saturated heterocycles. The average molecular weight is 219 g/mol. The number of nitrogens with one attached hydrogen (secondary N) is 1. The molecule has 1 unspecified atom stereocenters. The van der Waals surface area contributed by atoms with Crippen molar-refractivity contribution in [1.29, 1.82) is 0 Å². The van der Waals surface area contributed by atoms with E-state index in [1.807, 2.05) is 12.3 Å². The van der Waals surface area contributed by atoms with Crippen LogP contribution in [-0.2, 0) is 6.42 Å². The van der Waals surface area contributed by atoms with Gasteiger partial charge in [0.2, 0.25) is 0 Å². The van der Waals surface area contributed by atoms with E-state index >= 15 is 0 Å². The van der Waals surface area contributed by atoms with Crippen molar-refractivity contribution in [2.24, 2.45) is 5.92 Å². The summed E-state index contributed by atoms with van der Waals surface area (Å²) in [7, 11) is 2.21. The second-order valence-corrected chi connectivity index (χ2v) is 4.69. The molecule has 0 saturated carbocycles. The molecule has 1 aliphatic heterocycles. The zero-order chi connectivity index (χ0) is 11.2. The number of rotatable bonds is 5. The third-order valence-corrected chi connectivity index (χ3v) is 3.21. The summed E-state index contributed by atoms with van der Waals surface area (Å²) in [6.07, 6.45) is 4.25. The molecule has 0 aliphatic carbocycles. The Bertz CT molecular complexity index is 293. The van der Waals surface area contributed by atoms with Crippen LogP contribution in [0.2, 0.25) is 0 Å². The Hall–Kier alpha value is -0.930. The van der Waals surface area contributed by atoms with Crippen LogP contribution < -0.4 is 5.32 Å². The molecule has 1 aromatic heterocycles. The summed E-state index contributed by atoms with van der Waals surface area (Å²) in [5.74, 6) is 0.841. The van der Waals surface area contributed by atoms with Gasteiger partial charge in [-0.25, -0.2) is 0 Å². The van der Waals surface area contributed by atoms with Gasteiger partial charge < -0.3 is 10.2 Å². The van der Waals surface area contributed by atoms with Crippen LogP contribution in [0.4, 0.5) is 0 Å². The molecule has 0 radical (unpaired) electrons. The lowest BCUT2D eigenvalue weighted by Gasteiger charge is -2.19. The fourth-order valence-corrected chi connectivity index (χ4v) is 2.25. The summed E-state index contributed by atoms with van der Waals surface area (Å²) >= 11 is 0. The highest BCUT2D eigenvalue weighted by Gasteiger charge is 2.15. The summed E-state index contributed by atoms with van der Waals surface area (Å²) in [5, 5.41) is 3.41. The van der Waals surface area contributed by atoms with E-state index in [9.17, 15) is 0 Å². The zero-order valence-corrected chi connectivity index (χ0v) is 10.0. The van der Waals surface area contributed by atoms with Crippen LogP contribution in [0.5, 0.6) is 0 Å². The summed E-state index contributed by atoms with van der Waals surface area (Å²) in [4.78, 5) is 6.77. The Kier molecular flexibility index (Phi) is 4.31. The van der Waals surface area contributed by atoms with Crippen LogP contribution in [0.25, 0.3) is 0 Å². The van der Waals surface area contributed by atoms with E-state index in [0.717, 1.165) is 18.9 Å². The first-order chi connectivity index (χ1) is 7.84. The van der Waals surface area contributed by atoms with Crippen LogP contribution in [-0.4, -0.2) is 43.1 Å². The molecule has 1 fully saturated rings. The second-order valence-electron chi connectivity index (χ2n) is 4.69. The molecule has 0 bridgehead atoms. The van der Waals surface area contributed by atoms with Crippen LogP contribution >= 0.6 is 0 Å². The SMILES string of the molecule is CN(CCc1ccccn1)CC1CCNC1. The molecule has 1 N–H and O–H groups in total. The highest BCUT2D eigenvalue weighted by atomic mass is 15.1. The number of likely N-dealkylation sites (N-methyl/N-ethyl adjacent to an activating group) is 1. The number of hydrogen-bond donors (Lipinski definition) is 1. The Balaban J connectivity index is 1.69. The van der Waals surface area contributed by atoms with Crippen molar-refractivity contribution in [3.05, 3.63) is 30.1 Å². The second kappa shape index (κ2) is 5.97. The lowest BCUT2D eigenvalue weighted by atomic mass is 10.1. The van der Waals surface area contributed by atoms with E-state index in [0.29, 0.717) is 0 Å². The molecule has 0 aromatic carbocycles. The number of nitrogens with zero attached hydrogens (tertiary/aromatic N) is 2. The van der Waals surface area contributed by atoms with Gasteiger partial charge in [-0.05, 0) is 44.6 Å². The molecule has 0 spiro atoms. The summed E-state index contributed by atoms with van der Waals surface area (Å²) < 4.78 is 0. The maximum atomic E-state index is 4.34. The number of hydrogen-bond acceptors (Lipinski definition) is 3. The Morgan fingerprint density at radius 1 is 1.50 bits per heavy atom. The van der Waals surface area contributed by atoms with Crippen molar-refractivity contribution in [3.8, 4) is 0 Å². The Morgan fingerprint density at radius 2 is 2.44 bits per heavy atom. The van der Waals surface area contributed by atoms with Gasteiger partial charge in [0.1, 0.15) is 0 Å². The van der Waals surface area contributed by atoms with E-state index in [2.05, 4.69) is 34.4 Å². The molecule has 88 valence electrons. The normalized spacial score (nSPS) is 20.5. The Labute approximate surface area is 97.9 Å². The van der Waals surface area contributed by atoms with E-state index in [4.69, 9.17) is 0 Å². The summed E-state index contributed by atoms with van der Waals surface area (Å²) in [5.41, 5.74) is 1.19. The standard InChI is InChI=1S/C13H21N3/c1-16(11-12-5-8-14-10-12)9-6-13-4-2-3-7-15-13/h2-4,7,12,14H,5-6,8-11H2,1H3. The first-order valence-corrected chi connectivity index (χ1v) is 6.14. The average Bonchev–Trinajstić information content (AvgIpc) is 2.81. The molecule has 1 atom stereocenters. The van der Waals surface area contributed by atoms with E-state index in [-0.39, 0.29) is 0 Å². The highest BCUT2D eigenvalue weighted by molar-refractivity contribution is 5.03. The third kappa shape index (κ3) is 3.58. The van der Waals surface area contributed by atoms with Crippen molar-refractivity contribution < 1.29 is 0 Å². The van der Waals surface area contributed by atoms with E-state index < -0.39 is 0 Å². The quantitative estimate of drug-likeness (QED) is 0.805. The first-order valence-electron chi connectivity index (χ1n) is 6.14. The van der Waals surface area contributed by atoms with E-state index in [1.165, 1.54) is 31.7 Å². The molecule has 0 amide bonds. The largest absolute Gasteiger partial charge is 0.316 e. The van der Waals surface area contributed by atoms with Crippen LogP contribution in [0.3, 0.4) is 0 Å². The van der Waals surface area contributed by atoms with Gasteiger partial charge in [0.15, 0.2) is 0 Å². The maximum Gasteiger partial charge on any atom is 0.0416 e. The lowest BCUT2D eigenvalue weighted by Crippen LogP contribution is -2.28. The number of pyridine rings is 1. The molecule has 16 heavy (non-hydrogen) atoms. The van der Waals surface area contributed by atoms with Crippen LogP contribution in [0.15, 0.2) is 24.4 Å². The fourth-order valence-electron chi connectivity index (χ4n) is 2.25. The van der Waals surface area contributed by atoms with Gasteiger partial charge in [0.05, 0.1) is 0 Å². The summed E-state index contributed by atoms with van der Waals surface area (Å²) in [6.45, 7) is 4.69. The van der Waals surface area contributed by atoms with Crippen molar-refractivity contribution in [1.82, 2.24) is 15.2 Å². The molecule has 2 rings (SSSR count). The fraction of sp³-hybridized carbons (Fsp3) is 0.615. The predicted molar refractivity (Wildman–Crippen MR) is 66.4 cm³/mol. The zero-order valence-electron chi connectivity index (χ0n) is 10.0. The van der Waals surface area contributed by atoms with Crippen molar-refractivity contribution in [2.75, 3.05) is 33.2 Å². The van der Waals surface area contributed by atoms with Crippen LogP contribution in [0.1, 0.15) is 12.1 Å². The van der Waals surface area contributed by atoms with Crippen molar-refractivity contribution in [3.63, 3.8) is 0 Å². The van der Waals surface area contributed by atoms with Gasteiger partial charge in [0, 0.05) is 31.4 Å². The molecular formula is C13H21N3. The molecule has 1 aromatic rings. The van der Waals surface area contributed by atoms with Gasteiger partial charge in [-0.1, -0.05) is 6.07 Å². The van der Waals surface area contributed by atoms with Gasteiger partial charge in [-0.3, -0.25) is 4.98 Å². The monoisotopic (exact) mass is 219 g/mol. The Morgan fingerprint density at radius 3 is 3.12 bits per heavy atom. The highest BCUT2D eigenvalue weighted by Crippen LogP contribution is 2.09. The molecule has 3 nitrogen and oxygen atoms in total. The molecule has 3 heteroatoms. The molecule has 2 heterocycles. The summed E-state index contributed by atoms with van der Waals surface area (Å²) in [6, 6.07) is 6.13. The van der Waals surface area contributed by atoms with Crippen molar-refractivity contribution >= 4 is 0 Å². The van der Waals surface area contributed by atoms with Crippen LogP contribution in [0, 0.1) is 5.92 Å². The van der Waals surface area contributed by atoms with Gasteiger partial charge in [-0.2, -0.15) is 0 Å². The van der Waals surface area contributed by atoms with Gasteiger partial charge in [0.25, 0.3) is 0 Å². The minimum Gasteiger partial charge on any atom is -0.316 e. The maximum absolute atomic E-state index is 4.34. The minimum atomic E-state index is 0.841. The lowest BCUT2D eigenvalue weighted by molar-refractivity contribution is 0.288. The first kappa shape index (κ1) is 11.6. The van der Waals surface area contributed by atoms with Gasteiger partial charge in [-0.15, -0.1) is 0 Å². The third-order valence-electron chi connectivity index (χ3n) is 3.21. The number of aromatic nitrogens is 1. The topological polar surface area (TPSA) is 28.2 Å². The van der Waals surface area contributed by atoms with Crippen molar-refractivity contribution in [2.45, 2.75) is 12.8 Å². The van der Waals surface area contributed by atoms with Gasteiger partial charge >= 0.3 is 0 Å². The molecular weight excluding hydrogens is 198 g/mol. The van der Waals surface area contributed by atoms with E-state index in [1.54, 1.807) is 0 Å². The smallest absolute Gasteiger partial charge is 0.0416 e. The predicted octanol–water partition coefficient (Wildman–Crippen LogP) is 1.17.